The molecule has 12 rings (SSSR count). The van der Waals surface area contributed by atoms with Crippen LogP contribution in [0.2, 0.25) is 0 Å². The molecule has 0 bridgehead atoms. The minimum absolute atomic E-state index is 0.209. The van der Waals surface area contributed by atoms with Gasteiger partial charge in [-0.1, -0.05) is 151 Å². The third-order valence-corrected chi connectivity index (χ3v) is 10.3. The predicted octanol–water partition coefficient (Wildman–Crippen LogP) is 14.3. The van der Waals surface area contributed by atoms with Crippen molar-refractivity contribution in [1.29, 1.82) is 0 Å². The molecular formula is C54H35N3. The molecule has 12 aromatic rings. The zero-order valence-electron chi connectivity index (χ0n) is 51.3. The van der Waals surface area contributed by atoms with Crippen molar-refractivity contribution in [1.82, 2.24) is 13.7 Å². The maximum atomic E-state index is 9.99. The van der Waals surface area contributed by atoms with Crippen LogP contribution in [0.5, 0.6) is 0 Å². The molecule has 0 atom stereocenters. The monoisotopic (exact) mass is 747 g/mol. The predicted molar refractivity (Wildman–Crippen MR) is 240 cm³/mol. The van der Waals surface area contributed by atoms with E-state index in [1.807, 2.05) is 66.7 Å². The first-order valence-electron chi connectivity index (χ1n) is 28.8. The Bertz CT molecular complexity index is 4660. The Morgan fingerprint density at radius 2 is 0.754 bits per heavy atom. The lowest BCUT2D eigenvalue weighted by Gasteiger charge is -2.16. The molecule has 3 heteroatoms. The Morgan fingerprint density at radius 3 is 1.35 bits per heavy atom. The first-order valence-corrected chi connectivity index (χ1v) is 17.8. The van der Waals surface area contributed by atoms with Gasteiger partial charge in [-0.2, -0.15) is 0 Å². The summed E-state index contributed by atoms with van der Waals surface area (Å²) < 4.78 is 208. The van der Waals surface area contributed by atoms with Gasteiger partial charge in [-0.3, -0.25) is 0 Å². The Morgan fingerprint density at radius 1 is 0.316 bits per heavy atom. The summed E-state index contributed by atoms with van der Waals surface area (Å²) in [5, 5.41) is -2.59. The molecule has 3 nitrogen and oxygen atoms in total. The van der Waals surface area contributed by atoms with Gasteiger partial charge in [-0.05, 0) is 82.7 Å². The molecule has 0 fully saturated rings. The zero-order chi connectivity index (χ0) is 56.6. The van der Waals surface area contributed by atoms with E-state index in [1.165, 1.54) is 4.57 Å². The second-order valence-electron chi connectivity index (χ2n) is 13.3. The number of fused-ring (bicyclic) bond motifs is 9. The highest BCUT2D eigenvalue weighted by Crippen LogP contribution is 2.43. The normalized spacial score (nSPS) is 17.3. The third kappa shape index (κ3) is 4.73. The average molecular weight is 748 g/mol. The van der Waals surface area contributed by atoms with Gasteiger partial charge in [0.15, 0.2) is 0 Å². The Hall–Kier alpha value is -7.62. The summed E-state index contributed by atoms with van der Waals surface area (Å²) >= 11 is 0. The molecule has 266 valence electrons. The van der Waals surface area contributed by atoms with Crippen molar-refractivity contribution in [2.24, 2.45) is 0 Å². The summed E-state index contributed by atoms with van der Waals surface area (Å²) in [4.78, 5) is 0. The highest BCUT2D eigenvalue weighted by molar-refractivity contribution is 6.18. The molecule has 57 heavy (non-hydrogen) atoms. The fourth-order valence-electron chi connectivity index (χ4n) is 7.90. The van der Waals surface area contributed by atoms with Crippen LogP contribution >= 0.6 is 0 Å². The quantitative estimate of drug-likeness (QED) is 0.167. The molecule has 3 aromatic heterocycles. The maximum Gasteiger partial charge on any atom is 0.0782 e. The van der Waals surface area contributed by atoms with Gasteiger partial charge >= 0.3 is 0 Å². The lowest BCUT2D eigenvalue weighted by atomic mass is 9.98. The highest BCUT2D eigenvalue weighted by atomic mass is 15.1. The van der Waals surface area contributed by atoms with E-state index in [4.69, 9.17) is 13.7 Å². The molecule has 0 N–H and O–H groups in total. The van der Waals surface area contributed by atoms with Crippen LogP contribution in [0.25, 0.3) is 105 Å². The van der Waals surface area contributed by atoms with Crippen molar-refractivity contribution in [3.63, 3.8) is 0 Å². The molecule has 0 aliphatic carbocycles. The van der Waals surface area contributed by atoms with Gasteiger partial charge < -0.3 is 13.7 Å². The molecule has 0 saturated heterocycles. The van der Waals surface area contributed by atoms with E-state index in [0.717, 1.165) is 20.3 Å². The van der Waals surface area contributed by atoms with Crippen LogP contribution in [0, 0.1) is 0 Å². The molecule has 0 radical (unpaired) electrons. The second kappa shape index (κ2) is 12.5. The van der Waals surface area contributed by atoms with Crippen molar-refractivity contribution in [3.05, 3.63) is 212 Å². The molecular weight excluding hydrogens is 691 g/mol. The zero-order valence-corrected chi connectivity index (χ0v) is 29.3. The van der Waals surface area contributed by atoms with E-state index in [2.05, 4.69) is 0 Å². The van der Waals surface area contributed by atoms with Crippen LogP contribution in [0.4, 0.5) is 0 Å². The van der Waals surface area contributed by atoms with Crippen LogP contribution in [-0.2, 0) is 0 Å². The van der Waals surface area contributed by atoms with E-state index in [9.17, 15) is 16.4 Å². The molecule has 0 unspecified atom stereocenters. The molecule has 0 aliphatic heterocycles. The largest absolute Gasteiger partial charge is 0.309 e. The van der Waals surface area contributed by atoms with Crippen molar-refractivity contribution < 1.29 is 30.2 Å². The SMILES string of the molecule is [2H]c1c([2H])c([2H])c2c(c1[2H])c1c(-n3c4c([2H])c([2H])c([2H])c([2H])c4c4c([2H])c([2H])c([2H])c(-n5c6c([2H])c([2H])c([2H])c([2H])c6c6c([2H])c([2H])c([2H])c([2H])c65)c43)c([2H])c([2H])c([2H])c1n2-c1cc(-c2ccccc2)cc(-c2ccccc2)c1. The van der Waals surface area contributed by atoms with Crippen molar-refractivity contribution in [2.75, 3.05) is 0 Å². The minimum Gasteiger partial charge on any atom is -0.309 e. The second-order valence-corrected chi connectivity index (χ2v) is 13.3. The number of rotatable bonds is 5. The number of hydrogen-bond donors (Lipinski definition) is 0. The van der Waals surface area contributed by atoms with Crippen LogP contribution in [0.3, 0.4) is 0 Å². The number of aromatic nitrogens is 3. The van der Waals surface area contributed by atoms with E-state index >= 15 is 0 Å². The number of nitrogens with zero attached hydrogens (tertiary/aromatic N) is 3. The first kappa shape index (κ1) is 17.0. The van der Waals surface area contributed by atoms with Gasteiger partial charge in [-0.25, -0.2) is 0 Å². The lowest BCUT2D eigenvalue weighted by molar-refractivity contribution is 1.14. The van der Waals surface area contributed by atoms with E-state index < -0.39 is 188 Å². The van der Waals surface area contributed by atoms with Crippen molar-refractivity contribution >= 4 is 65.4 Å². The van der Waals surface area contributed by atoms with Gasteiger partial charge in [-0.15, -0.1) is 0 Å². The fraction of sp³-hybridized carbons (Fsp3) is 0. The van der Waals surface area contributed by atoms with Gasteiger partial charge in [0.1, 0.15) is 0 Å². The highest BCUT2D eigenvalue weighted by Gasteiger charge is 2.23. The van der Waals surface area contributed by atoms with Crippen LogP contribution in [-0.4, -0.2) is 13.7 Å². The van der Waals surface area contributed by atoms with E-state index in [-0.39, 0.29) is 27.5 Å². The van der Waals surface area contributed by atoms with Crippen molar-refractivity contribution in [3.8, 4) is 39.3 Å². The lowest BCUT2D eigenvalue weighted by Crippen LogP contribution is -2.01. The summed E-state index contributed by atoms with van der Waals surface area (Å²) in [5.41, 5.74) is -1.15. The topological polar surface area (TPSA) is 14.8 Å². The molecule has 0 spiro atoms. The molecule has 9 aromatic carbocycles. The summed E-state index contributed by atoms with van der Waals surface area (Å²) in [6, 6.07) is 6.03. The van der Waals surface area contributed by atoms with Crippen molar-refractivity contribution in [2.45, 2.75) is 0 Å². The maximum absolute atomic E-state index is 9.99. The summed E-state index contributed by atoms with van der Waals surface area (Å²) in [5.74, 6) is 0. The number of benzene rings is 9. The average Bonchev–Trinajstić information content (AvgIpc) is 2.46. The molecule has 3 heterocycles. The van der Waals surface area contributed by atoms with Gasteiger partial charge in [0.25, 0.3) is 0 Å². The van der Waals surface area contributed by atoms with Gasteiger partial charge in [0.2, 0.25) is 0 Å². The molecule has 0 amide bonds. The number of hydrogen-bond acceptors (Lipinski definition) is 0. The van der Waals surface area contributed by atoms with Crippen LogP contribution in [0.15, 0.2) is 212 Å². The summed E-state index contributed by atoms with van der Waals surface area (Å²) in [6.45, 7) is 0. The smallest absolute Gasteiger partial charge is 0.0782 e. The fourth-order valence-corrected chi connectivity index (χ4v) is 7.90. The molecule has 0 aliphatic rings. The van der Waals surface area contributed by atoms with Crippen LogP contribution < -0.4 is 0 Å². The Balaban J connectivity index is 1.41. The Kier molecular flexibility index (Phi) is 3.72. The van der Waals surface area contributed by atoms with Gasteiger partial charge in [0, 0.05) is 38.0 Å². The minimum atomic E-state index is -0.933. The third-order valence-electron chi connectivity index (χ3n) is 10.3. The van der Waals surface area contributed by atoms with E-state index in [1.54, 1.807) is 12.1 Å². The number of para-hydroxylation sites is 5. The van der Waals surface area contributed by atoms with E-state index in [0.29, 0.717) is 11.1 Å². The van der Waals surface area contributed by atoms with Gasteiger partial charge in [0.05, 0.1) is 74.6 Å². The van der Waals surface area contributed by atoms with Crippen LogP contribution in [0.1, 0.15) is 30.2 Å². The summed E-state index contributed by atoms with van der Waals surface area (Å²) in [7, 11) is 0. The summed E-state index contributed by atoms with van der Waals surface area (Å²) in [6.07, 6.45) is 0. The standard InChI is InChI=1S/C54H35N3/c1-3-17-36(18-4-1)38-33-39(37-19-5-2-6-20-37)35-40(34-38)55-49-29-14-10-24-45(49)53-50(55)30-16-31-51(53)57-48-28-13-9-23-43(48)44-25-15-32-52(54(44)57)56-46-26-11-7-21-41(46)42-22-8-12-27-47(42)56/h1-35H/i7D,8D,9D,10D,11D,12D,13D,14D,15D,16D,21D,22D,23D,24D,25D,26D,27D,28D,29D,30D,31D,32D. The Labute approximate surface area is 360 Å². The first-order chi connectivity index (χ1) is 37.5. The molecule has 0 saturated carbocycles.